The van der Waals surface area contributed by atoms with Gasteiger partial charge in [0.2, 0.25) is 0 Å². The van der Waals surface area contributed by atoms with E-state index in [1.165, 1.54) is 6.07 Å². The maximum Gasteiger partial charge on any atom is 0.182 e. The second kappa shape index (κ2) is 5.26. The SMILES string of the molecule is Fc1cc(F)c(F)c(NCc2ccc(F)c(F)c2)c1. The van der Waals surface area contributed by atoms with E-state index in [1.54, 1.807) is 0 Å². The average molecular weight is 273 g/mol. The normalized spacial score (nSPS) is 10.6. The Hall–Kier alpha value is -2.11. The minimum Gasteiger partial charge on any atom is -0.378 e. The first-order valence-corrected chi connectivity index (χ1v) is 5.29. The van der Waals surface area contributed by atoms with Gasteiger partial charge in [-0.1, -0.05) is 6.07 Å². The van der Waals surface area contributed by atoms with Crippen LogP contribution in [0.3, 0.4) is 0 Å². The molecule has 6 heteroatoms. The second-order valence-corrected chi connectivity index (χ2v) is 3.85. The van der Waals surface area contributed by atoms with Gasteiger partial charge in [-0.2, -0.15) is 0 Å². The van der Waals surface area contributed by atoms with Gasteiger partial charge in [-0.3, -0.25) is 0 Å². The fourth-order valence-electron chi connectivity index (χ4n) is 1.53. The summed E-state index contributed by atoms with van der Waals surface area (Å²) in [5.74, 6) is -5.56. The molecule has 0 saturated heterocycles. The fraction of sp³-hybridized carbons (Fsp3) is 0.0769. The van der Waals surface area contributed by atoms with Gasteiger partial charge in [0.25, 0.3) is 0 Å². The lowest BCUT2D eigenvalue weighted by molar-refractivity contribution is 0.497. The molecule has 0 aromatic heterocycles. The van der Waals surface area contributed by atoms with Crippen molar-refractivity contribution in [1.82, 2.24) is 0 Å². The van der Waals surface area contributed by atoms with Crippen LogP contribution in [0.5, 0.6) is 0 Å². The molecule has 2 aromatic carbocycles. The topological polar surface area (TPSA) is 12.0 Å². The smallest absolute Gasteiger partial charge is 0.182 e. The summed E-state index contributed by atoms with van der Waals surface area (Å²) in [6.45, 7) is -0.100. The van der Waals surface area contributed by atoms with E-state index in [0.29, 0.717) is 11.6 Å². The summed E-state index contributed by atoms with van der Waals surface area (Å²) in [7, 11) is 0. The molecule has 0 bridgehead atoms. The summed E-state index contributed by atoms with van der Waals surface area (Å²) < 4.78 is 64.7. The molecule has 0 aliphatic carbocycles. The van der Waals surface area contributed by atoms with Gasteiger partial charge in [0.1, 0.15) is 5.82 Å². The molecule has 0 fully saturated rings. The van der Waals surface area contributed by atoms with Gasteiger partial charge in [0.05, 0.1) is 5.69 Å². The van der Waals surface area contributed by atoms with Crippen molar-refractivity contribution in [1.29, 1.82) is 0 Å². The maximum atomic E-state index is 13.3. The number of anilines is 1. The first-order chi connectivity index (χ1) is 8.97. The fourth-order valence-corrected chi connectivity index (χ4v) is 1.53. The van der Waals surface area contributed by atoms with Gasteiger partial charge in [-0.05, 0) is 17.7 Å². The second-order valence-electron chi connectivity index (χ2n) is 3.85. The third-order valence-corrected chi connectivity index (χ3v) is 2.46. The monoisotopic (exact) mass is 273 g/mol. The van der Waals surface area contributed by atoms with Gasteiger partial charge in [0, 0.05) is 18.7 Å². The number of hydrogen-bond acceptors (Lipinski definition) is 1. The van der Waals surface area contributed by atoms with Crippen molar-refractivity contribution < 1.29 is 22.0 Å². The molecule has 0 aliphatic heterocycles. The summed E-state index contributed by atoms with van der Waals surface area (Å²) >= 11 is 0. The third-order valence-electron chi connectivity index (χ3n) is 2.46. The van der Waals surface area contributed by atoms with Crippen LogP contribution in [0.2, 0.25) is 0 Å². The Bertz CT molecular complexity index is 612. The van der Waals surface area contributed by atoms with E-state index in [0.717, 1.165) is 18.2 Å². The Kier molecular flexibility index (Phi) is 3.69. The summed E-state index contributed by atoms with van der Waals surface area (Å²) in [5, 5.41) is 2.41. The van der Waals surface area contributed by atoms with E-state index in [4.69, 9.17) is 0 Å². The Labute approximate surface area is 105 Å². The van der Waals surface area contributed by atoms with Crippen molar-refractivity contribution >= 4 is 5.69 Å². The van der Waals surface area contributed by atoms with Gasteiger partial charge in [0.15, 0.2) is 23.3 Å². The van der Waals surface area contributed by atoms with Crippen molar-refractivity contribution in [2.75, 3.05) is 5.32 Å². The molecule has 0 unspecified atom stereocenters. The minimum absolute atomic E-state index is 0.100. The molecule has 2 aromatic rings. The quantitative estimate of drug-likeness (QED) is 0.658. The van der Waals surface area contributed by atoms with Crippen LogP contribution in [0, 0.1) is 29.1 Å². The molecule has 0 atom stereocenters. The van der Waals surface area contributed by atoms with Crippen molar-refractivity contribution in [2.45, 2.75) is 6.54 Å². The van der Waals surface area contributed by atoms with E-state index >= 15 is 0 Å². The number of hydrogen-bond donors (Lipinski definition) is 1. The highest BCUT2D eigenvalue weighted by atomic mass is 19.2. The number of nitrogens with one attached hydrogen (secondary N) is 1. The minimum atomic E-state index is -1.33. The highest BCUT2D eigenvalue weighted by molar-refractivity contribution is 5.46. The third kappa shape index (κ3) is 3.01. The van der Waals surface area contributed by atoms with Gasteiger partial charge >= 0.3 is 0 Å². The zero-order valence-corrected chi connectivity index (χ0v) is 9.48. The van der Waals surface area contributed by atoms with Crippen LogP contribution in [-0.4, -0.2) is 0 Å². The van der Waals surface area contributed by atoms with Crippen LogP contribution in [0.15, 0.2) is 30.3 Å². The molecule has 0 radical (unpaired) electrons. The number of benzene rings is 2. The first kappa shape index (κ1) is 13.3. The molecule has 0 saturated carbocycles. The van der Waals surface area contributed by atoms with Crippen LogP contribution >= 0.6 is 0 Å². The summed E-state index contributed by atoms with van der Waals surface area (Å²) in [5.41, 5.74) is -0.0785. The van der Waals surface area contributed by atoms with Gasteiger partial charge in [-0.15, -0.1) is 0 Å². The summed E-state index contributed by atoms with van der Waals surface area (Å²) in [4.78, 5) is 0. The Morgan fingerprint density at radius 1 is 0.789 bits per heavy atom. The lowest BCUT2D eigenvalue weighted by Gasteiger charge is -2.08. The molecular weight excluding hydrogens is 265 g/mol. The predicted octanol–water partition coefficient (Wildman–Crippen LogP) is 3.99. The van der Waals surface area contributed by atoms with Crippen LogP contribution in [-0.2, 0) is 6.54 Å². The molecule has 19 heavy (non-hydrogen) atoms. The molecule has 0 amide bonds. The van der Waals surface area contributed by atoms with Crippen LogP contribution < -0.4 is 5.32 Å². The van der Waals surface area contributed by atoms with Crippen LogP contribution in [0.1, 0.15) is 5.56 Å². The summed E-state index contributed by atoms with van der Waals surface area (Å²) in [6, 6.07) is 4.29. The largest absolute Gasteiger partial charge is 0.378 e. The van der Waals surface area contributed by atoms with E-state index in [2.05, 4.69) is 5.32 Å². The average Bonchev–Trinajstić information content (AvgIpc) is 2.36. The van der Waals surface area contributed by atoms with E-state index < -0.39 is 29.1 Å². The zero-order chi connectivity index (χ0) is 14.0. The molecule has 0 aliphatic rings. The number of rotatable bonds is 3. The highest BCUT2D eigenvalue weighted by Gasteiger charge is 2.11. The van der Waals surface area contributed by atoms with Crippen molar-refractivity contribution in [3.63, 3.8) is 0 Å². The molecule has 2 rings (SSSR count). The standard InChI is InChI=1S/C13H8F5N/c14-8-4-11(17)13(18)12(5-8)19-6-7-1-2-9(15)10(16)3-7/h1-5,19H,6H2. The van der Waals surface area contributed by atoms with Gasteiger partial charge < -0.3 is 5.32 Å². The van der Waals surface area contributed by atoms with Crippen molar-refractivity contribution in [3.05, 3.63) is 65.0 Å². The molecule has 1 nitrogen and oxygen atoms in total. The molecule has 1 N–H and O–H groups in total. The van der Waals surface area contributed by atoms with E-state index in [1.807, 2.05) is 0 Å². The Morgan fingerprint density at radius 2 is 1.53 bits per heavy atom. The van der Waals surface area contributed by atoms with E-state index in [9.17, 15) is 22.0 Å². The number of halogens is 5. The molecule has 0 heterocycles. The molecule has 100 valence electrons. The van der Waals surface area contributed by atoms with Crippen molar-refractivity contribution in [2.24, 2.45) is 0 Å². The van der Waals surface area contributed by atoms with Gasteiger partial charge in [-0.25, -0.2) is 22.0 Å². The Morgan fingerprint density at radius 3 is 2.21 bits per heavy atom. The molecular formula is C13H8F5N. The maximum absolute atomic E-state index is 13.3. The zero-order valence-electron chi connectivity index (χ0n) is 9.48. The van der Waals surface area contributed by atoms with Crippen LogP contribution in [0.4, 0.5) is 27.6 Å². The van der Waals surface area contributed by atoms with Crippen LogP contribution in [0.25, 0.3) is 0 Å². The predicted molar refractivity (Wildman–Crippen MR) is 60.0 cm³/mol. The highest BCUT2D eigenvalue weighted by Crippen LogP contribution is 2.20. The molecule has 0 spiro atoms. The lowest BCUT2D eigenvalue weighted by Crippen LogP contribution is -2.04. The summed E-state index contributed by atoms with van der Waals surface area (Å²) in [6.07, 6.45) is 0. The lowest BCUT2D eigenvalue weighted by atomic mass is 10.2. The first-order valence-electron chi connectivity index (χ1n) is 5.29. The Balaban J connectivity index is 2.16. The van der Waals surface area contributed by atoms with Crippen molar-refractivity contribution in [3.8, 4) is 0 Å². The van der Waals surface area contributed by atoms with E-state index in [-0.39, 0.29) is 12.2 Å².